The lowest BCUT2D eigenvalue weighted by Crippen LogP contribution is -2.09. The number of fused-ring (bicyclic) bond motifs is 1. The first-order valence-corrected chi connectivity index (χ1v) is 5.22. The lowest BCUT2D eigenvalue weighted by molar-refractivity contribution is 0.624. The monoisotopic (exact) mass is 199 g/mol. The first kappa shape index (κ1) is 8.68. The molecule has 1 aromatic heterocycles. The number of hydrogen-bond acceptors (Lipinski definition) is 2. The van der Waals surface area contributed by atoms with Gasteiger partial charge in [-0.05, 0) is 5.56 Å². The number of rotatable bonds is 2. The van der Waals surface area contributed by atoms with Crippen molar-refractivity contribution in [2.45, 2.75) is 19.6 Å². The summed E-state index contributed by atoms with van der Waals surface area (Å²) in [7, 11) is 0. The van der Waals surface area contributed by atoms with Crippen molar-refractivity contribution >= 4 is 0 Å². The third kappa shape index (κ3) is 1.55. The molecule has 0 radical (unpaired) electrons. The minimum atomic E-state index is 0.873. The zero-order valence-corrected chi connectivity index (χ0v) is 8.48. The molecule has 3 heteroatoms. The lowest BCUT2D eigenvalue weighted by Gasteiger charge is -2.05. The third-order valence-electron chi connectivity index (χ3n) is 2.82. The molecule has 0 saturated heterocycles. The molecule has 0 spiro atoms. The van der Waals surface area contributed by atoms with Crippen LogP contribution in [-0.2, 0) is 19.6 Å². The molecule has 2 heterocycles. The smallest absolute Gasteiger partial charge is 0.0663 e. The highest BCUT2D eigenvalue weighted by atomic mass is 15.3. The summed E-state index contributed by atoms with van der Waals surface area (Å²) in [6, 6.07) is 10.4. The fourth-order valence-electron chi connectivity index (χ4n) is 2.01. The topological polar surface area (TPSA) is 29.9 Å². The van der Waals surface area contributed by atoms with E-state index in [1.807, 2.05) is 12.3 Å². The van der Waals surface area contributed by atoms with Crippen LogP contribution in [0.25, 0.3) is 0 Å². The van der Waals surface area contributed by atoms with E-state index in [9.17, 15) is 0 Å². The molecule has 0 bridgehead atoms. The molecule has 1 N–H and O–H groups in total. The second kappa shape index (κ2) is 3.51. The van der Waals surface area contributed by atoms with Crippen molar-refractivity contribution in [2.24, 2.45) is 0 Å². The van der Waals surface area contributed by atoms with Crippen LogP contribution in [-0.4, -0.2) is 9.78 Å². The molecule has 0 amide bonds. The van der Waals surface area contributed by atoms with Gasteiger partial charge in [0.25, 0.3) is 0 Å². The molecule has 1 aliphatic heterocycles. The summed E-state index contributed by atoms with van der Waals surface area (Å²) in [6.07, 6.45) is 1.97. The number of nitrogens with one attached hydrogen (secondary N) is 1. The SMILES string of the molecule is c1ccc(Cn2ncc3c2CNC3)cc1. The maximum atomic E-state index is 4.41. The van der Waals surface area contributed by atoms with Crippen LogP contribution in [0, 0.1) is 0 Å². The van der Waals surface area contributed by atoms with Crippen molar-refractivity contribution in [3.63, 3.8) is 0 Å². The van der Waals surface area contributed by atoms with Gasteiger partial charge < -0.3 is 5.32 Å². The molecule has 0 atom stereocenters. The summed E-state index contributed by atoms with van der Waals surface area (Å²) in [4.78, 5) is 0. The Bertz CT molecular complexity index is 459. The maximum absolute atomic E-state index is 4.41. The highest BCUT2D eigenvalue weighted by Gasteiger charge is 2.15. The molecule has 76 valence electrons. The number of nitrogens with zero attached hydrogens (tertiary/aromatic N) is 2. The average Bonchev–Trinajstić information content (AvgIpc) is 2.85. The van der Waals surface area contributed by atoms with Crippen molar-refractivity contribution in [3.05, 3.63) is 53.3 Å². The molecule has 3 nitrogen and oxygen atoms in total. The Hall–Kier alpha value is -1.61. The van der Waals surface area contributed by atoms with Crippen molar-refractivity contribution in [1.82, 2.24) is 15.1 Å². The van der Waals surface area contributed by atoms with Crippen molar-refractivity contribution in [1.29, 1.82) is 0 Å². The van der Waals surface area contributed by atoms with Crippen LogP contribution >= 0.6 is 0 Å². The Balaban J connectivity index is 1.89. The van der Waals surface area contributed by atoms with Crippen molar-refractivity contribution in [3.8, 4) is 0 Å². The minimum absolute atomic E-state index is 0.873. The highest BCUT2D eigenvalue weighted by molar-refractivity contribution is 5.23. The van der Waals surface area contributed by atoms with Gasteiger partial charge in [-0.3, -0.25) is 4.68 Å². The number of hydrogen-bond donors (Lipinski definition) is 1. The maximum Gasteiger partial charge on any atom is 0.0663 e. The number of benzene rings is 1. The Morgan fingerprint density at radius 1 is 1.20 bits per heavy atom. The molecule has 2 aromatic rings. The Morgan fingerprint density at radius 2 is 2.07 bits per heavy atom. The summed E-state index contributed by atoms with van der Waals surface area (Å²) in [5, 5.41) is 7.74. The van der Waals surface area contributed by atoms with Gasteiger partial charge in [-0.25, -0.2) is 0 Å². The van der Waals surface area contributed by atoms with E-state index < -0.39 is 0 Å². The summed E-state index contributed by atoms with van der Waals surface area (Å²) in [5.74, 6) is 0. The highest BCUT2D eigenvalue weighted by Crippen LogP contribution is 2.15. The van der Waals surface area contributed by atoms with Gasteiger partial charge in [-0.15, -0.1) is 0 Å². The van der Waals surface area contributed by atoms with Crippen molar-refractivity contribution < 1.29 is 0 Å². The predicted molar refractivity (Wildman–Crippen MR) is 58.3 cm³/mol. The van der Waals surface area contributed by atoms with Gasteiger partial charge >= 0.3 is 0 Å². The molecular formula is C12H13N3. The fourth-order valence-corrected chi connectivity index (χ4v) is 2.01. The zero-order chi connectivity index (χ0) is 10.1. The molecule has 15 heavy (non-hydrogen) atoms. The first-order valence-electron chi connectivity index (χ1n) is 5.22. The first-order chi connectivity index (χ1) is 7.43. The van der Waals surface area contributed by atoms with Gasteiger partial charge in [0.2, 0.25) is 0 Å². The molecule has 1 aliphatic rings. The van der Waals surface area contributed by atoms with E-state index in [1.165, 1.54) is 16.8 Å². The van der Waals surface area contributed by atoms with E-state index in [0.717, 1.165) is 19.6 Å². The predicted octanol–water partition coefficient (Wildman–Crippen LogP) is 1.53. The molecule has 0 saturated carbocycles. The lowest BCUT2D eigenvalue weighted by atomic mass is 10.2. The van der Waals surface area contributed by atoms with Crippen LogP contribution in [0.1, 0.15) is 16.8 Å². The zero-order valence-electron chi connectivity index (χ0n) is 8.48. The van der Waals surface area contributed by atoms with E-state index in [1.54, 1.807) is 0 Å². The second-order valence-electron chi connectivity index (χ2n) is 3.86. The van der Waals surface area contributed by atoms with Crippen LogP contribution in [0.2, 0.25) is 0 Å². The van der Waals surface area contributed by atoms with Gasteiger partial charge in [0, 0.05) is 18.7 Å². The molecule has 3 rings (SSSR count). The Labute approximate surface area is 88.7 Å². The Kier molecular flexibility index (Phi) is 2.03. The summed E-state index contributed by atoms with van der Waals surface area (Å²) >= 11 is 0. The normalized spacial score (nSPS) is 14.1. The van der Waals surface area contributed by atoms with Crippen LogP contribution < -0.4 is 5.32 Å². The largest absolute Gasteiger partial charge is 0.307 e. The van der Waals surface area contributed by atoms with Gasteiger partial charge in [0.15, 0.2) is 0 Å². The van der Waals surface area contributed by atoms with E-state index in [0.29, 0.717) is 0 Å². The van der Waals surface area contributed by atoms with Crippen LogP contribution in [0.3, 0.4) is 0 Å². The summed E-state index contributed by atoms with van der Waals surface area (Å²) in [6.45, 7) is 2.78. The number of aromatic nitrogens is 2. The molecule has 0 fully saturated rings. The standard InChI is InChI=1S/C12H13N3/c1-2-4-10(5-3-1)9-15-12-8-13-6-11(12)7-14-15/h1-5,7,13H,6,8-9H2. The van der Waals surface area contributed by atoms with E-state index in [4.69, 9.17) is 0 Å². The average molecular weight is 199 g/mol. The second-order valence-corrected chi connectivity index (χ2v) is 3.86. The quantitative estimate of drug-likeness (QED) is 0.795. The van der Waals surface area contributed by atoms with Crippen LogP contribution in [0.15, 0.2) is 36.5 Å². The summed E-state index contributed by atoms with van der Waals surface area (Å²) < 4.78 is 2.09. The third-order valence-corrected chi connectivity index (χ3v) is 2.82. The van der Waals surface area contributed by atoms with Crippen LogP contribution in [0.4, 0.5) is 0 Å². The van der Waals surface area contributed by atoms with Gasteiger partial charge in [0.1, 0.15) is 0 Å². The molecule has 0 aliphatic carbocycles. The van der Waals surface area contributed by atoms with E-state index in [-0.39, 0.29) is 0 Å². The summed E-state index contributed by atoms with van der Waals surface area (Å²) in [5.41, 5.74) is 3.97. The minimum Gasteiger partial charge on any atom is -0.307 e. The van der Waals surface area contributed by atoms with Crippen molar-refractivity contribution in [2.75, 3.05) is 0 Å². The van der Waals surface area contributed by atoms with E-state index >= 15 is 0 Å². The van der Waals surface area contributed by atoms with Gasteiger partial charge in [-0.1, -0.05) is 30.3 Å². The molecular weight excluding hydrogens is 186 g/mol. The molecule has 1 aromatic carbocycles. The Morgan fingerprint density at radius 3 is 2.93 bits per heavy atom. The van der Waals surface area contributed by atoms with Gasteiger partial charge in [-0.2, -0.15) is 5.10 Å². The fraction of sp³-hybridized carbons (Fsp3) is 0.250. The van der Waals surface area contributed by atoms with Crippen LogP contribution in [0.5, 0.6) is 0 Å². The van der Waals surface area contributed by atoms with E-state index in [2.05, 4.69) is 39.4 Å². The van der Waals surface area contributed by atoms with Gasteiger partial charge in [0.05, 0.1) is 18.4 Å². The molecule has 0 unspecified atom stereocenters.